The molecule has 2 amide bonds. The molecule has 0 aromatic carbocycles. The lowest BCUT2D eigenvalue weighted by Crippen LogP contribution is -2.53. The summed E-state index contributed by atoms with van der Waals surface area (Å²) < 4.78 is 0. The van der Waals surface area contributed by atoms with E-state index in [-0.39, 0.29) is 12.2 Å². The molecule has 0 saturated heterocycles. The SMILES string of the molecule is N[C@@H](Cc1cnc[nH]1)C(=O)N[C@@H](CS)C(=O)NCC(=O)O. The van der Waals surface area contributed by atoms with E-state index in [0.29, 0.717) is 5.69 Å². The van der Waals surface area contributed by atoms with E-state index in [4.69, 9.17) is 10.8 Å². The van der Waals surface area contributed by atoms with Crippen LogP contribution in [-0.2, 0) is 20.8 Å². The van der Waals surface area contributed by atoms with E-state index in [1.165, 1.54) is 6.33 Å². The summed E-state index contributed by atoms with van der Waals surface area (Å²) in [5.41, 5.74) is 6.41. The minimum absolute atomic E-state index is 0.0218. The fraction of sp³-hybridized carbons (Fsp3) is 0.455. The second kappa shape index (κ2) is 8.27. The number of aliphatic carboxylic acids is 1. The molecule has 0 radical (unpaired) electrons. The van der Waals surface area contributed by atoms with Crippen LogP contribution in [-0.4, -0.2) is 57.2 Å². The number of carboxylic acid groups (broad SMARTS) is 1. The van der Waals surface area contributed by atoms with Crippen LogP contribution in [0.1, 0.15) is 5.69 Å². The van der Waals surface area contributed by atoms with Gasteiger partial charge in [0.15, 0.2) is 0 Å². The average Bonchev–Trinajstić information content (AvgIpc) is 2.94. The maximum Gasteiger partial charge on any atom is 0.322 e. The highest BCUT2D eigenvalue weighted by molar-refractivity contribution is 7.80. The van der Waals surface area contributed by atoms with Gasteiger partial charge in [0.25, 0.3) is 0 Å². The molecule has 10 heteroatoms. The molecular formula is C11H17N5O4S. The molecule has 116 valence electrons. The molecule has 0 saturated carbocycles. The van der Waals surface area contributed by atoms with E-state index in [0.717, 1.165) is 0 Å². The van der Waals surface area contributed by atoms with Crippen molar-refractivity contribution in [2.24, 2.45) is 5.73 Å². The summed E-state index contributed by atoms with van der Waals surface area (Å²) in [6.45, 7) is -0.529. The van der Waals surface area contributed by atoms with Crippen LogP contribution >= 0.6 is 12.6 Å². The lowest BCUT2D eigenvalue weighted by molar-refractivity contribution is -0.138. The first kappa shape index (κ1) is 17.0. The number of carboxylic acids is 1. The minimum Gasteiger partial charge on any atom is -0.480 e. The monoisotopic (exact) mass is 315 g/mol. The van der Waals surface area contributed by atoms with Crippen molar-refractivity contribution in [2.75, 3.05) is 12.3 Å². The quantitative estimate of drug-likeness (QED) is 0.302. The number of rotatable bonds is 8. The Labute approximate surface area is 126 Å². The molecule has 9 nitrogen and oxygen atoms in total. The van der Waals surface area contributed by atoms with Gasteiger partial charge in [0.1, 0.15) is 12.6 Å². The van der Waals surface area contributed by atoms with Gasteiger partial charge >= 0.3 is 5.97 Å². The molecule has 0 aliphatic rings. The predicted molar refractivity (Wildman–Crippen MR) is 76.7 cm³/mol. The highest BCUT2D eigenvalue weighted by Gasteiger charge is 2.23. The summed E-state index contributed by atoms with van der Waals surface area (Å²) in [6, 6.07) is -1.81. The zero-order valence-corrected chi connectivity index (χ0v) is 12.0. The van der Waals surface area contributed by atoms with Crippen LogP contribution in [0.3, 0.4) is 0 Å². The number of carbonyl (C=O) groups excluding carboxylic acids is 2. The number of thiol groups is 1. The van der Waals surface area contributed by atoms with Crippen molar-refractivity contribution in [3.63, 3.8) is 0 Å². The van der Waals surface area contributed by atoms with Crippen molar-refractivity contribution in [3.8, 4) is 0 Å². The molecule has 0 aliphatic heterocycles. The number of hydrogen-bond acceptors (Lipinski definition) is 6. The van der Waals surface area contributed by atoms with Gasteiger partial charge in [0.2, 0.25) is 11.8 Å². The van der Waals surface area contributed by atoms with Crippen LogP contribution in [0, 0.1) is 0 Å². The third-order valence-corrected chi connectivity index (χ3v) is 2.93. The molecule has 1 aromatic rings. The second-order valence-corrected chi connectivity index (χ2v) is 4.61. The lowest BCUT2D eigenvalue weighted by Gasteiger charge is -2.18. The van der Waals surface area contributed by atoms with Gasteiger partial charge in [-0.2, -0.15) is 12.6 Å². The van der Waals surface area contributed by atoms with Crippen molar-refractivity contribution in [1.29, 1.82) is 0 Å². The molecule has 0 fully saturated rings. The molecule has 1 heterocycles. The Morgan fingerprint density at radius 1 is 1.43 bits per heavy atom. The summed E-state index contributed by atoms with van der Waals surface area (Å²) >= 11 is 3.95. The van der Waals surface area contributed by atoms with Crippen LogP contribution in [0.5, 0.6) is 0 Å². The minimum atomic E-state index is -1.18. The number of imidazole rings is 1. The first-order chi connectivity index (χ1) is 9.93. The molecule has 6 N–H and O–H groups in total. The zero-order chi connectivity index (χ0) is 15.8. The normalized spacial score (nSPS) is 13.2. The summed E-state index contributed by atoms with van der Waals surface area (Å²) in [5.74, 6) is -2.32. The van der Waals surface area contributed by atoms with Gasteiger partial charge in [-0.1, -0.05) is 0 Å². The zero-order valence-electron chi connectivity index (χ0n) is 11.1. The first-order valence-corrected chi connectivity index (χ1v) is 6.70. The van der Waals surface area contributed by atoms with Crippen molar-refractivity contribution >= 4 is 30.4 Å². The number of aromatic nitrogens is 2. The van der Waals surface area contributed by atoms with Gasteiger partial charge in [0, 0.05) is 24.1 Å². The summed E-state index contributed by atoms with van der Waals surface area (Å²) in [7, 11) is 0. The highest BCUT2D eigenvalue weighted by Crippen LogP contribution is 1.98. The largest absolute Gasteiger partial charge is 0.480 e. The van der Waals surface area contributed by atoms with Crippen LogP contribution in [0.2, 0.25) is 0 Å². The third kappa shape index (κ3) is 5.83. The Balaban J connectivity index is 2.49. The lowest BCUT2D eigenvalue weighted by atomic mass is 10.1. The van der Waals surface area contributed by atoms with Crippen molar-refractivity contribution in [2.45, 2.75) is 18.5 Å². The van der Waals surface area contributed by atoms with Gasteiger partial charge in [-0.3, -0.25) is 14.4 Å². The Bertz CT molecular complexity index is 493. The van der Waals surface area contributed by atoms with Gasteiger partial charge in [0.05, 0.1) is 12.4 Å². The average molecular weight is 315 g/mol. The molecule has 0 aliphatic carbocycles. The first-order valence-electron chi connectivity index (χ1n) is 6.07. The van der Waals surface area contributed by atoms with Gasteiger partial charge in [-0.05, 0) is 0 Å². The van der Waals surface area contributed by atoms with Crippen LogP contribution in [0.15, 0.2) is 12.5 Å². The maximum atomic E-state index is 11.9. The molecule has 0 spiro atoms. The number of aromatic amines is 1. The topological polar surface area (TPSA) is 150 Å². The Hall–Kier alpha value is -2.07. The van der Waals surface area contributed by atoms with Crippen LogP contribution in [0.25, 0.3) is 0 Å². The van der Waals surface area contributed by atoms with Crippen LogP contribution < -0.4 is 16.4 Å². The molecule has 1 rings (SSSR count). The van der Waals surface area contributed by atoms with E-state index in [9.17, 15) is 14.4 Å². The molecule has 2 atom stereocenters. The summed E-state index contributed by atoms with van der Waals surface area (Å²) in [5, 5.41) is 13.1. The number of nitrogens with two attached hydrogens (primary N) is 1. The van der Waals surface area contributed by atoms with Crippen molar-refractivity contribution in [1.82, 2.24) is 20.6 Å². The summed E-state index contributed by atoms with van der Waals surface area (Å²) in [4.78, 5) is 40.5. The smallest absolute Gasteiger partial charge is 0.322 e. The van der Waals surface area contributed by atoms with Gasteiger partial charge < -0.3 is 26.5 Å². The van der Waals surface area contributed by atoms with Gasteiger partial charge in [-0.25, -0.2) is 4.98 Å². The van der Waals surface area contributed by atoms with Crippen LogP contribution in [0.4, 0.5) is 0 Å². The second-order valence-electron chi connectivity index (χ2n) is 4.24. The van der Waals surface area contributed by atoms with E-state index in [2.05, 4.69) is 33.2 Å². The third-order valence-electron chi connectivity index (χ3n) is 2.56. The van der Waals surface area contributed by atoms with E-state index in [1.54, 1.807) is 6.20 Å². The summed E-state index contributed by atoms with van der Waals surface area (Å²) in [6.07, 6.45) is 3.25. The predicted octanol–water partition coefficient (Wildman–Crippen LogP) is -2.11. The maximum absolute atomic E-state index is 11.9. The van der Waals surface area contributed by atoms with E-state index >= 15 is 0 Å². The molecular weight excluding hydrogens is 298 g/mol. The fourth-order valence-electron chi connectivity index (χ4n) is 1.48. The Morgan fingerprint density at radius 2 is 2.14 bits per heavy atom. The van der Waals surface area contributed by atoms with E-state index in [1.807, 2.05) is 0 Å². The number of carbonyl (C=O) groups is 3. The standard InChI is InChI=1S/C11H17N5O4S/c12-7(1-6-2-13-5-15-6)10(19)16-8(4-21)11(20)14-3-9(17)18/h2,5,7-8,21H,1,3-4,12H2,(H,13,15)(H,14,20)(H,16,19)(H,17,18)/t7-,8-/m0/s1. The van der Waals surface area contributed by atoms with Crippen molar-refractivity contribution in [3.05, 3.63) is 18.2 Å². The fourth-order valence-corrected chi connectivity index (χ4v) is 1.74. The van der Waals surface area contributed by atoms with E-state index < -0.39 is 36.4 Å². The Morgan fingerprint density at radius 3 is 2.67 bits per heavy atom. The number of nitrogens with one attached hydrogen (secondary N) is 3. The Kier molecular flexibility index (Phi) is 6.69. The number of nitrogens with zero attached hydrogens (tertiary/aromatic N) is 1. The molecule has 21 heavy (non-hydrogen) atoms. The number of amides is 2. The highest BCUT2D eigenvalue weighted by atomic mass is 32.1. The molecule has 1 aromatic heterocycles. The number of H-pyrrole nitrogens is 1. The van der Waals surface area contributed by atoms with Gasteiger partial charge in [-0.15, -0.1) is 0 Å². The number of hydrogen-bond donors (Lipinski definition) is 6. The molecule has 0 bridgehead atoms. The van der Waals surface area contributed by atoms with Crippen molar-refractivity contribution < 1.29 is 19.5 Å². The molecule has 0 unspecified atom stereocenters.